The lowest BCUT2D eigenvalue weighted by Crippen LogP contribution is -2.24. The molecule has 0 bridgehead atoms. The highest BCUT2D eigenvalue weighted by Gasteiger charge is 2.21. The smallest absolute Gasteiger partial charge is 0.436 e. The lowest BCUT2D eigenvalue weighted by molar-refractivity contribution is -0.578. The second-order valence-corrected chi connectivity index (χ2v) is 7.55. The minimum atomic E-state index is -0.500. The normalized spacial score (nSPS) is 11.2. The van der Waals surface area contributed by atoms with E-state index in [1.807, 2.05) is 19.1 Å². The molecule has 1 amide bonds. The summed E-state index contributed by atoms with van der Waals surface area (Å²) in [6, 6.07) is 8.05. The van der Waals surface area contributed by atoms with E-state index in [0.717, 1.165) is 16.8 Å². The van der Waals surface area contributed by atoms with Gasteiger partial charge in [-0.1, -0.05) is 11.1 Å². The van der Waals surface area contributed by atoms with Crippen molar-refractivity contribution in [1.82, 2.24) is 25.0 Å². The van der Waals surface area contributed by atoms with E-state index < -0.39 is 11.7 Å². The van der Waals surface area contributed by atoms with E-state index in [9.17, 15) is 9.18 Å². The minimum absolute atomic E-state index is 0.110. The molecule has 1 aromatic carbocycles. The molecule has 0 aliphatic heterocycles. The maximum atomic E-state index is 14.7. The van der Waals surface area contributed by atoms with Gasteiger partial charge in [-0.3, -0.25) is 9.78 Å². The van der Waals surface area contributed by atoms with Crippen molar-refractivity contribution in [3.8, 4) is 22.6 Å². The first kappa shape index (κ1) is 20.4. The number of halogens is 1. The number of aryl methyl sites for hydroxylation is 3. The molecule has 0 saturated carbocycles. The van der Waals surface area contributed by atoms with Crippen molar-refractivity contribution in [2.75, 3.05) is 5.32 Å². The van der Waals surface area contributed by atoms with Gasteiger partial charge >= 0.3 is 5.78 Å². The molecule has 0 spiro atoms. The van der Waals surface area contributed by atoms with Crippen molar-refractivity contribution in [3.63, 3.8) is 0 Å². The third-order valence-corrected chi connectivity index (χ3v) is 5.11. The Labute approximate surface area is 187 Å². The summed E-state index contributed by atoms with van der Waals surface area (Å²) in [5, 5.41) is 5.75. The molecule has 0 atom stereocenters. The predicted molar refractivity (Wildman–Crippen MR) is 117 cm³/mol. The van der Waals surface area contributed by atoms with Gasteiger partial charge in [0.2, 0.25) is 11.6 Å². The SMILES string of the molecule is Cc1nc(C)c(C(=O)Nc2ccc(F)c(-c3nc4ncc(-c5ncccc5C)c[n+]4[nH]3)c2)o1. The van der Waals surface area contributed by atoms with Gasteiger partial charge in [0.05, 0.1) is 22.5 Å². The first-order valence-electron chi connectivity index (χ1n) is 10.1. The molecule has 5 rings (SSSR count). The largest absolute Gasteiger partial charge is 0.457 e. The van der Waals surface area contributed by atoms with Crippen LogP contribution in [-0.2, 0) is 0 Å². The third kappa shape index (κ3) is 3.82. The lowest BCUT2D eigenvalue weighted by Gasteiger charge is -2.05. The second kappa shape index (κ2) is 7.90. The zero-order chi connectivity index (χ0) is 23.1. The van der Waals surface area contributed by atoms with E-state index in [4.69, 9.17) is 4.42 Å². The first-order valence-corrected chi connectivity index (χ1v) is 10.1. The predicted octanol–water partition coefficient (Wildman–Crippen LogP) is 3.58. The van der Waals surface area contributed by atoms with Crippen LogP contribution in [0.5, 0.6) is 0 Å². The number of benzene rings is 1. The summed E-state index contributed by atoms with van der Waals surface area (Å²) in [4.78, 5) is 29.8. The number of fused-ring (bicyclic) bond motifs is 1. The van der Waals surface area contributed by atoms with Crippen LogP contribution in [0.3, 0.4) is 0 Å². The van der Waals surface area contributed by atoms with E-state index >= 15 is 0 Å². The molecule has 0 fully saturated rings. The number of anilines is 1. The Morgan fingerprint density at radius 1 is 1.15 bits per heavy atom. The molecule has 0 aliphatic rings. The van der Waals surface area contributed by atoms with Crippen molar-refractivity contribution in [2.45, 2.75) is 20.8 Å². The Morgan fingerprint density at radius 2 is 2.00 bits per heavy atom. The number of H-pyrrole nitrogens is 1. The zero-order valence-electron chi connectivity index (χ0n) is 18.0. The van der Waals surface area contributed by atoms with Crippen molar-refractivity contribution in [3.05, 3.63) is 77.6 Å². The summed E-state index contributed by atoms with van der Waals surface area (Å²) < 4.78 is 21.6. The van der Waals surface area contributed by atoms with Crippen LogP contribution in [0.4, 0.5) is 10.1 Å². The van der Waals surface area contributed by atoms with E-state index in [1.165, 1.54) is 18.2 Å². The number of carbonyl (C=O) groups excluding carboxylic acids is 1. The molecule has 164 valence electrons. The molecule has 2 N–H and O–H groups in total. The fourth-order valence-electron chi connectivity index (χ4n) is 3.57. The lowest BCUT2D eigenvalue weighted by atomic mass is 10.1. The van der Waals surface area contributed by atoms with Crippen LogP contribution in [0.2, 0.25) is 0 Å². The van der Waals surface area contributed by atoms with Crippen molar-refractivity contribution >= 4 is 17.4 Å². The third-order valence-electron chi connectivity index (χ3n) is 5.11. The number of nitrogens with one attached hydrogen (secondary N) is 2. The standard InChI is InChI=1S/C23H18FN7O2/c1-12-5-4-8-25-19(12)15-10-26-23-29-21(30-31(23)11-15)17-9-16(6-7-18(17)24)28-22(32)20-13(2)27-14(3)33-20/h4-11H,1-3H3,(H,28,32)/p+1. The summed E-state index contributed by atoms with van der Waals surface area (Å²) in [7, 11) is 0. The van der Waals surface area contributed by atoms with Crippen molar-refractivity contribution in [2.24, 2.45) is 0 Å². The Kier molecular flexibility index (Phi) is 4.89. The average molecular weight is 444 g/mol. The van der Waals surface area contributed by atoms with Gasteiger partial charge in [-0.15, -0.1) is 4.52 Å². The molecular weight excluding hydrogens is 425 g/mol. The molecule has 0 saturated heterocycles. The molecule has 4 aromatic heterocycles. The van der Waals surface area contributed by atoms with Gasteiger partial charge in [-0.25, -0.2) is 14.5 Å². The number of hydrogen-bond acceptors (Lipinski definition) is 6. The van der Waals surface area contributed by atoms with Crippen LogP contribution in [0.25, 0.3) is 28.4 Å². The number of oxazole rings is 1. The van der Waals surface area contributed by atoms with Gasteiger partial charge in [-0.2, -0.15) is 0 Å². The van der Waals surface area contributed by atoms with Gasteiger partial charge < -0.3 is 9.73 Å². The maximum absolute atomic E-state index is 14.7. The van der Waals surface area contributed by atoms with Crippen LogP contribution in [0.15, 0.2) is 53.3 Å². The molecular formula is C23H19FN7O2+. The highest BCUT2D eigenvalue weighted by atomic mass is 19.1. The number of amides is 1. The monoisotopic (exact) mass is 444 g/mol. The molecule has 9 nitrogen and oxygen atoms in total. The highest BCUT2D eigenvalue weighted by Crippen LogP contribution is 2.24. The Bertz CT molecular complexity index is 1520. The quantitative estimate of drug-likeness (QED) is 0.410. The van der Waals surface area contributed by atoms with Crippen LogP contribution in [0, 0.1) is 26.6 Å². The van der Waals surface area contributed by atoms with Gasteiger partial charge in [-0.05, 0) is 48.7 Å². The van der Waals surface area contributed by atoms with Crippen LogP contribution in [0.1, 0.15) is 27.7 Å². The van der Waals surface area contributed by atoms with E-state index in [1.54, 1.807) is 37.0 Å². The molecule has 5 aromatic rings. The first-order chi connectivity index (χ1) is 15.9. The van der Waals surface area contributed by atoms with E-state index in [-0.39, 0.29) is 17.1 Å². The van der Waals surface area contributed by atoms with Gasteiger partial charge in [0.1, 0.15) is 18.2 Å². The molecule has 0 radical (unpaired) electrons. The highest BCUT2D eigenvalue weighted by molar-refractivity contribution is 6.03. The molecule has 10 heteroatoms. The zero-order valence-corrected chi connectivity index (χ0v) is 18.0. The molecule has 0 aliphatic carbocycles. The van der Waals surface area contributed by atoms with Crippen molar-refractivity contribution in [1.29, 1.82) is 0 Å². The fraction of sp³-hybridized carbons (Fsp3) is 0.130. The van der Waals surface area contributed by atoms with E-state index in [2.05, 4.69) is 30.4 Å². The number of aromatic nitrogens is 6. The van der Waals surface area contributed by atoms with E-state index in [0.29, 0.717) is 23.0 Å². The van der Waals surface area contributed by atoms with Crippen LogP contribution >= 0.6 is 0 Å². The van der Waals surface area contributed by atoms with Crippen molar-refractivity contribution < 1.29 is 18.1 Å². The Morgan fingerprint density at radius 3 is 2.76 bits per heavy atom. The number of carbonyl (C=O) groups is 1. The van der Waals surface area contributed by atoms with Crippen LogP contribution < -0.4 is 9.83 Å². The number of nitrogens with zero attached hydrogens (tertiary/aromatic N) is 5. The summed E-state index contributed by atoms with van der Waals surface area (Å²) >= 11 is 0. The van der Waals surface area contributed by atoms with Gasteiger partial charge in [0, 0.05) is 18.8 Å². The van der Waals surface area contributed by atoms with Gasteiger partial charge in [0.15, 0.2) is 5.89 Å². The number of pyridine rings is 1. The summed E-state index contributed by atoms with van der Waals surface area (Å²) in [6.45, 7) is 5.31. The average Bonchev–Trinajstić information content (AvgIpc) is 3.37. The number of aromatic amines is 1. The second-order valence-electron chi connectivity index (χ2n) is 7.55. The number of rotatable bonds is 4. The molecule has 33 heavy (non-hydrogen) atoms. The Balaban J connectivity index is 1.48. The molecule has 0 unspecified atom stereocenters. The van der Waals surface area contributed by atoms with Gasteiger partial charge in [0.25, 0.3) is 5.91 Å². The maximum Gasteiger partial charge on any atom is 0.457 e. The topological polar surface area (TPSA) is 114 Å². The minimum Gasteiger partial charge on any atom is -0.436 e. The number of hydrogen-bond donors (Lipinski definition) is 2. The van der Waals surface area contributed by atoms with Crippen LogP contribution in [-0.4, -0.2) is 30.9 Å². The summed E-state index contributed by atoms with van der Waals surface area (Å²) in [5.74, 6) is 0.159. The summed E-state index contributed by atoms with van der Waals surface area (Å²) in [5.41, 5.74) is 3.63. The Hall–Kier alpha value is -4.47. The molecule has 4 heterocycles. The fourth-order valence-corrected chi connectivity index (χ4v) is 3.57. The summed E-state index contributed by atoms with van der Waals surface area (Å²) in [6.07, 6.45) is 5.18.